The van der Waals surface area contributed by atoms with Crippen LogP contribution in [0.25, 0.3) is 0 Å². The molecule has 0 aliphatic rings. The third kappa shape index (κ3) is 39.5. The van der Waals surface area contributed by atoms with E-state index in [-0.39, 0.29) is 11.9 Å². The van der Waals surface area contributed by atoms with Gasteiger partial charge in [0.1, 0.15) is 0 Å². The summed E-state index contributed by atoms with van der Waals surface area (Å²) in [4.78, 5) is 27.2. The van der Waals surface area contributed by atoms with Gasteiger partial charge in [-0.25, -0.2) is 0 Å². The Morgan fingerprint density at radius 1 is 0.364 bits per heavy atom. The van der Waals surface area contributed by atoms with Crippen LogP contribution in [0.2, 0.25) is 0 Å². The van der Waals surface area contributed by atoms with Gasteiger partial charge in [-0.15, -0.1) is 0 Å². The molecular weight excluding hydrogens is 679 g/mol. The molecule has 2 atom stereocenters. The standard InChI is InChI=1S/C50H99NO4/c1-7-11-15-26-39-47(34-13-9-3)44-54-49(52)41-31-23-19-17-21-28-36-46(38-30-25-33-43-51(5)6)37-29-22-18-20-24-32-42-50(53)55-45-48(35-14-10-4)40-27-16-12-8-2/h46-48H,7-45H2,1-6H3. The molecule has 55 heavy (non-hydrogen) atoms. The summed E-state index contributed by atoms with van der Waals surface area (Å²) in [6.07, 6.45) is 44.3. The molecule has 0 fully saturated rings. The van der Waals surface area contributed by atoms with Crippen molar-refractivity contribution in [2.24, 2.45) is 17.8 Å². The van der Waals surface area contributed by atoms with Crippen molar-refractivity contribution >= 4 is 11.9 Å². The van der Waals surface area contributed by atoms with Crippen molar-refractivity contribution in [3.8, 4) is 0 Å². The summed E-state index contributed by atoms with van der Waals surface area (Å²) < 4.78 is 11.5. The van der Waals surface area contributed by atoms with Crippen LogP contribution < -0.4 is 0 Å². The summed E-state index contributed by atoms with van der Waals surface area (Å²) in [5.41, 5.74) is 0. The highest BCUT2D eigenvalue weighted by molar-refractivity contribution is 5.69. The lowest BCUT2D eigenvalue weighted by molar-refractivity contribution is -0.146. The van der Waals surface area contributed by atoms with Crippen LogP contribution in [0.4, 0.5) is 0 Å². The van der Waals surface area contributed by atoms with Gasteiger partial charge >= 0.3 is 11.9 Å². The molecule has 0 aromatic rings. The SMILES string of the molecule is CCCCCCC(CCCC)COC(=O)CCCCCCCCC(CCCCCCCCC(=O)OCC(CCCC)CCCCCC)CCCCCN(C)C. The molecule has 0 saturated carbocycles. The molecule has 0 radical (unpaired) electrons. The number of carbonyl (C=O) groups excluding carboxylic acids is 2. The molecule has 0 aromatic carbocycles. The number of hydrogen-bond donors (Lipinski definition) is 0. The Labute approximate surface area is 345 Å². The normalized spacial score (nSPS) is 13.3. The zero-order valence-corrected chi connectivity index (χ0v) is 38.4. The van der Waals surface area contributed by atoms with E-state index in [2.05, 4.69) is 46.7 Å². The Hall–Kier alpha value is -1.10. The number of esters is 2. The van der Waals surface area contributed by atoms with Crippen LogP contribution in [0.3, 0.4) is 0 Å². The van der Waals surface area contributed by atoms with Gasteiger partial charge in [0, 0.05) is 12.8 Å². The largest absolute Gasteiger partial charge is 0.465 e. The van der Waals surface area contributed by atoms with Crippen molar-refractivity contribution in [1.29, 1.82) is 0 Å². The van der Waals surface area contributed by atoms with Gasteiger partial charge in [-0.2, -0.15) is 0 Å². The van der Waals surface area contributed by atoms with E-state index in [0.29, 0.717) is 37.9 Å². The summed E-state index contributed by atoms with van der Waals surface area (Å²) in [7, 11) is 4.36. The van der Waals surface area contributed by atoms with E-state index in [1.165, 1.54) is 199 Å². The smallest absolute Gasteiger partial charge is 0.305 e. The summed E-state index contributed by atoms with van der Waals surface area (Å²) in [5, 5.41) is 0. The minimum Gasteiger partial charge on any atom is -0.465 e. The molecule has 0 amide bonds. The summed E-state index contributed by atoms with van der Waals surface area (Å²) in [6.45, 7) is 11.5. The Kier molecular flexibility index (Phi) is 41.7. The minimum atomic E-state index is 0.0260. The average molecular weight is 778 g/mol. The first-order chi connectivity index (χ1) is 26.9. The summed E-state index contributed by atoms with van der Waals surface area (Å²) in [6, 6.07) is 0. The van der Waals surface area contributed by atoms with E-state index >= 15 is 0 Å². The summed E-state index contributed by atoms with van der Waals surface area (Å²) in [5.74, 6) is 2.04. The van der Waals surface area contributed by atoms with Crippen LogP contribution in [-0.2, 0) is 19.1 Å². The maximum Gasteiger partial charge on any atom is 0.305 e. The molecule has 0 rings (SSSR count). The fraction of sp³-hybridized carbons (Fsp3) is 0.960. The zero-order valence-electron chi connectivity index (χ0n) is 38.4. The Morgan fingerprint density at radius 2 is 0.655 bits per heavy atom. The number of nitrogens with zero attached hydrogens (tertiary/aromatic N) is 1. The van der Waals surface area contributed by atoms with Gasteiger partial charge in [-0.05, 0) is 83.3 Å². The van der Waals surface area contributed by atoms with E-state index in [1.807, 2.05) is 0 Å². The second-order valence-corrected chi connectivity index (χ2v) is 17.9. The van der Waals surface area contributed by atoms with Gasteiger partial charge in [0.25, 0.3) is 0 Å². The van der Waals surface area contributed by atoms with Gasteiger partial charge in [0.2, 0.25) is 0 Å². The fourth-order valence-corrected chi connectivity index (χ4v) is 8.18. The fourth-order valence-electron chi connectivity index (χ4n) is 8.18. The second kappa shape index (κ2) is 42.5. The van der Waals surface area contributed by atoms with E-state index in [1.54, 1.807) is 0 Å². The lowest BCUT2D eigenvalue weighted by Gasteiger charge is -2.17. The van der Waals surface area contributed by atoms with Crippen LogP contribution in [0.5, 0.6) is 0 Å². The topological polar surface area (TPSA) is 55.8 Å². The number of rotatable bonds is 44. The number of carbonyl (C=O) groups is 2. The predicted molar refractivity (Wildman–Crippen MR) is 240 cm³/mol. The molecule has 0 aromatic heterocycles. The molecule has 0 saturated heterocycles. The molecular formula is C50H99NO4. The average Bonchev–Trinajstić information content (AvgIpc) is 3.17. The highest BCUT2D eigenvalue weighted by Gasteiger charge is 2.14. The molecule has 0 N–H and O–H groups in total. The van der Waals surface area contributed by atoms with Crippen molar-refractivity contribution in [1.82, 2.24) is 4.90 Å². The quantitative estimate of drug-likeness (QED) is 0.0455. The third-order valence-electron chi connectivity index (χ3n) is 12.0. The minimum absolute atomic E-state index is 0.0260. The van der Waals surface area contributed by atoms with Crippen LogP contribution >= 0.6 is 0 Å². The summed E-state index contributed by atoms with van der Waals surface area (Å²) >= 11 is 0. The number of unbranched alkanes of at least 4 members (excludes halogenated alkanes) is 20. The monoisotopic (exact) mass is 778 g/mol. The predicted octanol–water partition coefficient (Wildman–Crippen LogP) is 15.6. The van der Waals surface area contributed by atoms with E-state index in [4.69, 9.17) is 9.47 Å². The number of hydrogen-bond acceptors (Lipinski definition) is 5. The molecule has 5 nitrogen and oxygen atoms in total. The van der Waals surface area contributed by atoms with Gasteiger partial charge in [0.05, 0.1) is 13.2 Å². The molecule has 0 heterocycles. The van der Waals surface area contributed by atoms with Crippen molar-refractivity contribution in [3.63, 3.8) is 0 Å². The van der Waals surface area contributed by atoms with Crippen molar-refractivity contribution in [2.45, 2.75) is 259 Å². The van der Waals surface area contributed by atoms with Crippen molar-refractivity contribution < 1.29 is 19.1 Å². The first-order valence-electron chi connectivity index (χ1n) is 24.8. The van der Waals surface area contributed by atoms with Crippen LogP contribution in [-0.4, -0.2) is 50.7 Å². The van der Waals surface area contributed by atoms with E-state index < -0.39 is 0 Å². The first-order valence-corrected chi connectivity index (χ1v) is 24.8. The third-order valence-corrected chi connectivity index (χ3v) is 12.0. The lowest BCUT2D eigenvalue weighted by atomic mass is 9.89. The van der Waals surface area contributed by atoms with Crippen molar-refractivity contribution in [3.05, 3.63) is 0 Å². The van der Waals surface area contributed by atoms with Crippen molar-refractivity contribution in [2.75, 3.05) is 33.9 Å². The first kappa shape index (κ1) is 53.9. The Morgan fingerprint density at radius 3 is 1.02 bits per heavy atom. The highest BCUT2D eigenvalue weighted by atomic mass is 16.5. The van der Waals surface area contributed by atoms with Crippen LogP contribution in [0.15, 0.2) is 0 Å². The Balaban J connectivity index is 4.20. The molecule has 0 aliphatic heterocycles. The molecule has 0 aliphatic carbocycles. The molecule has 5 heteroatoms. The molecule has 0 spiro atoms. The van der Waals surface area contributed by atoms with Crippen LogP contribution in [0, 0.1) is 17.8 Å². The van der Waals surface area contributed by atoms with Crippen LogP contribution in [0.1, 0.15) is 259 Å². The lowest BCUT2D eigenvalue weighted by Crippen LogP contribution is -2.14. The van der Waals surface area contributed by atoms with Gasteiger partial charge in [-0.1, -0.05) is 201 Å². The van der Waals surface area contributed by atoms with Gasteiger partial charge in [-0.3, -0.25) is 9.59 Å². The second-order valence-electron chi connectivity index (χ2n) is 17.9. The number of ether oxygens (including phenoxy) is 2. The molecule has 2 unspecified atom stereocenters. The molecule has 0 bridgehead atoms. The van der Waals surface area contributed by atoms with Gasteiger partial charge in [0.15, 0.2) is 0 Å². The van der Waals surface area contributed by atoms with Gasteiger partial charge < -0.3 is 14.4 Å². The highest BCUT2D eigenvalue weighted by Crippen LogP contribution is 2.25. The maximum absolute atomic E-state index is 12.4. The van der Waals surface area contributed by atoms with E-state index in [0.717, 1.165) is 31.6 Å². The Bertz CT molecular complexity index is 745. The zero-order chi connectivity index (χ0) is 40.5. The van der Waals surface area contributed by atoms with E-state index in [9.17, 15) is 9.59 Å². The maximum atomic E-state index is 12.4. The molecule has 328 valence electrons.